The van der Waals surface area contributed by atoms with Crippen LogP contribution in [-0.4, -0.2) is 19.2 Å². The summed E-state index contributed by atoms with van der Waals surface area (Å²) in [5.41, 5.74) is 1.24. The SMILES string of the molecule is CCOC(=O)/C(C#N)=C\c1cc(Br)c(OCc2ccc(Cl)cc2Cl)c(OCC)c1. The molecule has 8 heteroatoms. The summed E-state index contributed by atoms with van der Waals surface area (Å²) in [5, 5.41) is 10.3. The lowest BCUT2D eigenvalue weighted by atomic mass is 10.1. The van der Waals surface area contributed by atoms with Crippen LogP contribution in [0.2, 0.25) is 10.0 Å². The molecule has 0 N–H and O–H groups in total. The molecule has 5 nitrogen and oxygen atoms in total. The first kappa shape index (κ1) is 23.1. The van der Waals surface area contributed by atoms with Crippen LogP contribution in [0.5, 0.6) is 11.5 Å². The molecule has 0 aliphatic carbocycles. The summed E-state index contributed by atoms with van der Waals surface area (Å²) in [6.07, 6.45) is 1.44. The van der Waals surface area contributed by atoms with Gasteiger partial charge in [0.05, 0.1) is 17.7 Å². The van der Waals surface area contributed by atoms with Gasteiger partial charge in [0.25, 0.3) is 0 Å². The van der Waals surface area contributed by atoms with E-state index in [-0.39, 0.29) is 18.8 Å². The van der Waals surface area contributed by atoms with Crippen molar-refractivity contribution in [2.45, 2.75) is 20.5 Å². The van der Waals surface area contributed by atoms with E-state index in [4.69, 9.17) is 37.4 Å². The van der Waals surface area contributed by atoms with Gasteiger partial charge in [-0.25, -0.2) is 4.79 Å². The molecule has 2 aromatic carbocycles. The number of hydrogen-bond donors (Lipinski definition) is 0. The summed E-state index contributed by atoms with van der Waals surface area (Å²) in [5.74, 6) is 0.255. The number of carbonyl (C=O) groups excluding carboxylic acids is 1. The Morgan fingerprint density at radius 1 is 1.17 bits per heavy atom. The zero-order valence-electron chi connectivity index (χ0n) is 15.8. The van der Waals surface area contributed by atoms with E-state index >= 15 is 0 Å². The van der Waals surface area contributed by atoms with E-state index in [0.717, 1.165) is 5.56 Å². The Balaban J connectivity index is 2.34. The highest BCUT2D eigenvalue weighted by molar-refractivity contribution is 9.10. The number of benzene rings is 2. The quantitative estimate of drug-likeness (QED) is 0.246. The monoisotopic (exact) mass is 497 g/mol. The summed E-state index contributed by atoms with van der Waals surface area (Å²) in [6.45, 7) is 4.31. The van der Waals surface area contributed by atoms with Crippen LogP contribution in [0, 0.1) is 11.3 Å². The van der Waals surface area contributed by atoms with Gasteiger partial charge in [-0.3, -0.25) is 0 Å². The number of nitriles is 1. The minimum absolute atomic E-state index is 0.109. The van der Waals surface area contributed by atoms with Gasteiger partial charge in [-0.05, 0) is 65.7 Å². The molecule has 0 saturated heterocycles. The van der Waals surface area contributed by atoms with Crippen LogP contribution < -0.4 is 9.47 Å². The van der Waals surface area contributed by atoms with Crippen molar-refractivity contribution in [1.82, 2.24) is 0 Å². The van der Waals surface area contributed by atoms with E-state index in [2.05, 4.69) is 15.9 Å². The molecule has 29 heavy (non-hydrogen) atoms. The molecule has 0 radical (unpaired) electrons. The molecule has 2 rings (SSSR count). The van der Waals surface area contributed by atoms with Gasteiger partial charge in [0.15, 0.2) is 11.5 Å². The second-order valence-electron chi connectivity index (χ2n) is 5.68. The van der Waals surface area contributed by atoms with E-state index in [1.807, 2.05) is 13.0 Å². The molecule has 0 amide bonds. The topological polar surface area (TPSA) is 68.6 Å². The smallest absolute Gasteiger partial charge is 0.348 e. The van der Waals surface area contributed by atoms with Crippen molar-refractivity contribution < 1.29 is 19.0 Å². The summed E-state index contributed by atoms with van der Waals surface area (Å²) in [6, 6.07) is 10.4. The maximum atomic E-state index is 11.9. The van der Waals surface area contributed by atoms with Gasteiger partial charge < -0.3 is 14.2 Å². The van der Waals surface area contributed by atoms with Crippen molar-refractivity contribution in [3.05, 3.63) is 61.5 Å². The van der Waals surface area contributed by atoms with Gasteiger partial charge in [0, 0.05) is 15.6 Å². The summed E-state index contributed by atoms with van der Waals surface area (Å²) in [7, 11) is 0. The van der Waals surface area contributed by atoms with Gasteiger partial charge in [-0.15, -0.1) is 0 Å². The minimum Gasteiger partial charge on any atom is -0.490 e. The molecule has 0 aromatic heterocycles. The Labute approximate surface area is 187 Å². The first-order valence-corrected chi connectivity index (χ1v) is 10.3. The predicted molar refractivity (Wildman–Crippen MR) is 116 cm³/mol. The molecule has 0 atom stereocenters. The Bertz CT molecular complexity index is 970. The third-order valence-corrected chi connectivity index (χ3v) is 4.82. The maximum absolute atomic E-state index is 11.9. The molecule has 0 spiro atoms. The Hall–Kier alpha value is -2.20. The molecule has 0 bridgehead atoms. The van der Waals surface area contributed by atoms with Crippen LogP contribution in [-0.2, 0) is 16.1 Å². The van der Waals surface area contributed by atoms with E-state index in [1.165, 1.54) is 6.08 Å². The van der Waals surface area contributed by atoms with Crippen LogP contribution in [0.25, 0.3) is 6.08 Å². The predicted octanol–water partition coefficient (Wildman–Crippen LogP) is 6.20. The summed E-state index contributed by atoms with van der Waals surface area (Å²) >= 11 is 15.6. The molecule has 0 aliphatic heterocycles. The Morgan fingerprint density at radius 3 is 2.55 bits per heavy atom. The van der Waals surface area contributed by atoms with E-state index < -0.39 is 5.97 Å². The molecule has 0 aliphatic rings. The summed E-state index contributed by atoms with van der Waals surface area (Å²) < 4.78 is 17.1. The maximum Gasteiger partial charge on any atom is 0.348 e. The van der Waals surface area contributed by atoms with Gasteiger partial charge in [-0.2, -0.15) is 5.26 Å². The lowest BCUT2D eigenvalue weighted by molar-refractivity contribution is -0.137. The van der Waals surface area contributed by atoms with Gasteiger partial charge in [0.1, 0.15) is 18.2 Å². The van der Waals surface area contributed by atoms with Crippen molar-refractivity contribution in [1.29, 1.82) is 5.26 Å². The number of rotatable bonds is 8. The second kappa shape index (κ2) is 11.1. The second-order valence-corrected chi connectivity index (χ2v) is 7.38. The number of hydrogen-bond acceptors (Lipinski definition) is 5. The molecule has 0 heterocycles. The van der Waals surface area contributed by atoms with Gasteiger partial charge >= 0.3 is 5.97 Å². The fourth-order valence-electron chi connectivity index (χ4n) is 2.38. The molecule has 152 valence electrons. The first-order chi connectivity index (χ1) is 13.9. The normalized spacial score (nSPS) is 11.0. The van der Waals surface area contributed by atoms with E-state index in [9.17, 15) is 10.1 Å². The van der Waals surface area contributed by atoms with Crippen LogP contribution in [0.15, 0.2) is 40.4 Å². The number of esters is 1. The molecule has 0 saturated carbocycles. The number of halogens is 3. The molecule has 2 aromatic rings. The third kappa shape index (κ3) is 6.40. The van der Waals surface area contributed by atoms with Gasteiger partial charge in [0.2, 0.25) is 0 Å². The van der Waals surface area contributed by atoms with Crippen LogP contribution >= 0.6 is 39.1 Å². The van der Waals surface area contributed by atoms with Crippen LogP contribution in [0.1, 0.15) is 25.0 Å². The third-order valence-electron chi connectivity index (χ3n) is 3.65. The minimum atomic E-state index is -0.679. The zero-order chi connectivity index (χ0) is 21.4. The van der Waals surface area contributed by atoms with Crippen molar-refractivity contribution in [2.75, 3.05) is 13.2 Å². The standard InChI is InChI=1S/C21H18BrCl2NO4/c1-3-27-19-9-13(7-15(11-25)21(26)28-4-2)8-17(22)20(19)29-12-14-5-6-16(23)10-18(14)24/h5-10H,3-4,12H2,1-2H3/b15-7-. The average molecular weight is 499 g/mol. The fraction of sp³-hybridized carbons (Fsp3) is 0.238. The lowest BCUT2D eigenvalue weighted by Crippen LogP contribution is -2.06. The highest BCUT2D eigenvalue weighted by atomic mass is 79.9. The van der Waals surface area contributed by atoms with E-state index in [1.54, 1.807) is 37.3 Å². The van der Waals surface area contributed by atoms with Crippen molar-refractivity contribution in [2.24, 2.45) is 0 Å². The molecule has 0 unspecified atom stereocenters. The Kier molecular flexibility index (Phi) is 8.84. The average Bonchev–Trinajstić information content (AvgIpc) is 2.67. The lowest BCUT2D eigenvalue weighted by Gasteiger charge is -2.15. The molecular weight excluding hydrogens is 481 g/mol. The van der Waals surface area contributed by atoms with Crippen LogP contribution in [0.3, 0.4) is 0 Å². The van der Waals surface area contributed by atoms with Gasteiger partial charge in [-0.1, -0.05) is 29.3 Å². The summed E-state index contributed by atoms with van der Waals surface area (Å²) in [4.78, 5) is 11.9. The highest BCUT2D eigenvalue weighted by Crippen LogP contribution is 2.38. The fourth-order valence-corrected chi connectivity index (χ4v) is 3.41. The number of carbonyl (C=O) groups is 1. The molecule has 0 fully saturated rings. The van der Waals surface area contributed by atoms with Crippen LogP contribution in [0.4, 0.5) is 0 Å². The van der Waals surface area contributed by atoms with Crippen molar-refractivity contribution in [3.63, 3.8) is 0 Å². The first-order valence-electron chi connectivity index (χ1n) is 8.71. The largest absolute Gasteiger partial charge is 0.490 e. The van der Waals surface area contributed by atoms with Crippen molar-refractivity contribution >= 4 is 51.2 Å². The number of nitrogens with zero attached hydrogens (tertiary/aromatic N) is 1. The highest BCUT2D eigenvalue weighted by Gasteiger charge is 2.15. The Morgan fingerprint density at radius 2 is 1.93 bits per heavy atom. The zero-order valence-corrected chi connectivity index (χ0v) is 18.9. The molecular formula is C21H18BrCl2NO4. The number of ether oxygens (including phenoxy) is 3. The van der Waals surface area contributed by atoms with E-state index in [0.29, 0.717) is 38.2 Å². The van der Waals surface area contributed by atoms with Crippen molar-refractivity contribution in [3.8, 4) is 17.6 Å².